The molecule has 2 atom stereocenters. The molecule has 2 heteroatoms. The second-order valence-corrected chi connectivity index (χ2v) is 5.52. The van der Waals surface area contributed by atoms with Crippen molar-refractivity contribution in [2.75, 3.05) is 13.2 Å². The number of hydrogen-bond acceptors (Lipinski definition) is 2. The van der Waals surface area contributed by atoms with E-state index in [-0.39, 0.29) is 6.10 Å². The molecule has 0 aliphatic rings. The summed E-state index contributed by atoms with van der Waals surface area (Å²) in [7, 11) is 0. The average molecular weight is 263 g/mol. The molecule has 0 aliphatic heterocycles. The first-order chi connectivity index (χ1) is 9.19. The fraction of sp³-hybridized carbons (Fsp3) is 0.647. The van der Waals surface area contributed by atoms with Crippen LogP contribution in [0.5, 0.6) is 0 Å². The lowest BCUT2D eigenvalue weighted by atomic mass is 9.99. The molecule has 0 aliphatic carbocycles. The van der Waals surface area contributed by atoms with Gasteiger partial charge in [-0.2, -0.15) is 0 Å². The number of rotatable bonds is 9. The molecule has 0 radical (unpaired) electrons. The second-order valence-electron chi connectivity index (χ2n) is 5.52. The molecule has 1 aromatic rings. The summed E-state index contributed by atoms with van der Waals surface area (Å²) >= 11 is 0. The largest absolute Gasteiger partial charge is 0.376 e. The highest BCUT2D eigenvalue weighted by Crippen LogP contribution is 2.22. The van der Waals surface area contributed by atoms with Crippen LogP contribution in [0.3, 0.4) is 0 Å². The Labute approximate surface area is 118 Å². The zero-order valence-corrected chi connectivity index (χ0v) is 12.9. The second kappa shape index (κ2) is 9.11. The van der Waals surface area contributed by atoms with Gasteiger partial charge in [-0.25, -0.2) is 0 Å². The van der Waals surface area contributed by atoms with Crippen LogP contribution in [0.25, 0.3) is 0 Å². The van der Waals surface area contributed by atoms with Crippen LogP contribution >= 0.6 is 0 Å². The maximum atomic E-state index is 6.10. The van der Waals surface area contributed by atoms with Crippen molar-refractivity contribution in [3.63, 3.8) is 0 Å². The van der Waals surface area contributed by atoms with Crippen LogP contribution in [-0.2, 0) is 4.74 Å². The van der Waals surface area contributed by atoms with Gasteiger partial charge in [-0.15, -0.1) is 0 Å². The molecule has 1 aromatic carbocycles. The minimum atomic E-state index is 0.247. The Morgan fingerprint density at radius 2 is 1.79 bits per heavy atom. The third-order valence-corrected chi connectivity index (χ3v) is 3.19. The summed E-state index contributed by atoms with van der Waals surface area (Å²) < 4.78 is 6.10. The van der Waals surface area contributed by atoms with E-state index in [0.29, 0.717) is 12.0 Å². The van der Waals surface area contributed by atoms with Crippen LogP contribution in [0.4, 0.5) is 0 Å². The molecule has 0 heterocycles. The Bertz CT molecular complexity index is 323. The minimum absolute atomic E-state index is 0.247. The van der Waals surface area contributed by atoms with Crippen molar-refractivity contribution >= 4 is 0 Å². The SMILES string of the molecule is CCCNC(c1ccccc1)C(CC)OCC(C)C. The Morgan fingerprint density at radius 3 is 2.32 bits per heavy atom. The zero-order chi connectivity index (χ0) is 14.1. The number of hydrogen-bond donors (Lipinski definition) is 1. The van der Waals surface area contributed by atoms with Crippen molar-refractivity contribution in [1.82, 2.24) is 5.32 Å². The molecule has 108 valence electrons. The van der Waals surface area contributed by atoms with E-state index in [4.69, 9.17) is 4.74 Å². The summed E-state index contributed by atoms with van der Waals surface area (Å²) in [5.41, 5.74) is 1.33. The number of nitrogens with one attached hydrogen (secondary N) is 1. The van der Waals surface area contributed by atoms with E-state index in [2.05, 4.69) is 63.3 Å². The first-order valence-electron chi connectivity index (χ1n) is 7.58. The molecule has 0 saturated heterocycles. The standard InChI is InChI=1S/C17H29NO/c1-5-12-18-17(15-10-8-7-9-11-15)16(6-2)19-13-14(3)4/h7-11,14,16-18H,5-6,12-13H2,1-4H3. The summed E-state index contributed by atoms with van der Waals surface area (Å²) in [5, 5.41) is 3.64. The van der Waals surface area contributed by atoms with Gasteiger partial charge in [0.15, 0.2) is 0 Å². The molecule has 19 heavy (non-hydrogen) atoms. The van der Waals surface area contributed by atoms with E-state index in [1.807, 2.05) is 0 Å². The average Bonchev–Trinajstić information content (AvgIpc) is 2.43. The van der Waals surface area contributed by atoms with E-state index in [1.54, 1.807) is 0 Å². The van der Waals surface area contributed by atoms with Crippen molar-refractivity contribution in [2.24, 2.45) is 5.92 Å². The Hall–Kier alpha value is -0.860. The molecule has 0 spiro atoms. The van der Waals surface area contributed by atoms with Crippen LogP contribution in [0.1, 0.15) is 52.1 Å². The van der Waals surface area contributed by atoms with Crippen LogP contribution in [0, 0.1) is 5.92 Å². The molecule has 0 amide bonds. The van der Waals surface area contributed by atoms with Crippen molar-refractivity contribution in [3.05, 3.63) is 35.9 Å². The lowest BCUT2D eigenvalue weighted by molar-refractivity contribution is 0.00882. The summed E-state index contributed by atoms with van der Waals surface area (Å²) in [4.78, 5) is 0. The van der Waals surface area contributed by atoms with E-state index < -0.39 is 0 Å². The molecule has 2 unspecified atom stereocenters. The topological polar surface area (TPSA) is 21.3 Å². The molecular formula is C17H29NO. The van der Waals surface area contributed by atoms with E-state index >= 15 is 0 Å². The third-order valence-electron chi connectivity index (χ3n) is 3.19. The zero-order valence-electron chi connectivity index (χ0n) is 12.9. The fourth-order valence-electron chi connectivity index (χ4n) is 2.19. The first kappa shape index (κ1) is 16.2. The van der Waals surface area contributed by atoms with Crippen molar-refractivity contribution < 1.29 is 4.74 Å². The summed E-state index contributed by atoms with van der Waals surface area (Å²) in [6.07, 6.45) is 2.42. The van der Waals surface area contributed by atoms with Crippen molar-refractivity contribution in [2.45, 2.75) is 52.7 Å². The molecule has 2 nitrogen and oxygen atoms in total. The predicted octanol–water partition coefficient (Wildman–Crippen LogP) is 4.18. The van der Waals surface area contributed by atoms with Gasteiger partial charge in [-0.3, -0.25) is 0 Å². The van der Waals surface area contributed by atoms with E-state index in [9.17, 15) is 0 Å². The Kier molecular flexibility index (Phi) is 7.76. The lowest BCUT2D eigenvalue weighted by Gasteiger charge is -2.28. The number of benzene rings is 1. The first-order valence-corrected chi connectivity index (χ1v) is 7.58. The van der Waals surface area contributed by atoms with Gasteiger partial charge in [0.25, 0.3) is 0 Å². The van der Waals surface area contributed by atoms with Crippen molar-refractivity contribution in [3.8, 4) is 0 Å². The predicted molar refractivity (Wildman–Crippen MR) is 82.3 cm³/mol. The van der Waals surface area contributed by atoms with E-state index in [1.165, 1.54) is 5.56 Å². The molecule has 0 bridgehead atoms. The molecule has 0 saturated carbocycles. The summed E-state index contributed by atoms with van der Waals surface area (Å²) in [6, 6.07) is 10.9. The normalized spacial score (nSPS) is 14.6. The highest BCUT2D eigenvalue weighted by molar-refractivity contribution is 5.20. The van der Waals surface area contributed by atoms with Gasteiger partial charge in [-0.05, 0) is 30.9 Å². The highest BCUT2D eigenvalue weighted by Gasteiger charge is 2.21. The van der Waals surface area contributed by atoms with Gasteiger partial charge in [0, 0.05) is 6.61 Å². The van der Waals surface area contributed by atoms with Gasteiger partial charge in [0.2, 0.25) is 0 Å². The molecule has 0 aromatic heterocycles. The molecular weight excluding hydrogens is 234 g/mol. The van der Waals surface area contributed by atoms with Gasteiger partial charge in [0.05, 0.1) is 12.1 Å². The van der Waals surface area contributed by atoms with Gasteiger partial charge < -0.3 is 10.1 Å². The number of ether oxygens (including phenoxy) is 1. The van der Waals surface area contributed by atoms with Gasteiger partial charge in [-0.1, -0.05) is 58.0 Å². The van der Waals surface area contributed by atoms with Gasteiger partial charge >= 0.3 is 0 Å². The van der Waals surface area contributed by atoms with Gasteiger partial charge in [0.1, 0.15) is 0 Å². The molecule has 0 fully saturated rings. The summed E-state index contributed by atoms with van der Waals surface area (Å²) in [6.45, 7) is 10.7. The third kappa shape index (κ3) is 5.75. The maximum absolute atomic E-state index is 6.10. The van der Waals surface area contributed by atoms with Crippen LogP contribution < -0.4 is 5.32 Å². The van der Waals surface area contributed by atoms with Crippen LogP contribution in [-0.4, -0.2) is 19.3 Å². The summed E-state index contributed by atoms with van der Waals surface area (Å²) in [5.74, 6) is 0.580. The van der Waals surface area contributed by atoms with Crippen molar-refractivity contribution in [1.29, 1.82) is 0 Å². The highest BCUT2D eigenvalue weighted by atomic mass is 16.5. The maximum Gasteiger partial charge on any atom is 0.0767 e. The van der Waals surface area contributed by atoms with Crippen LogP contribution in [0.15, 0.2) is 30.3 Å². The lowest BCUT2D eigenvalue weighted by Crippen LogP contribution is -2.34. The fourth-order valence-corrected chi connectivity index (χ4v) is 2.19. The van der Waals surface area contributed by atoms with E-state index in [0.717, 1.165) is 26.0 Å². The molecule has 1 N–H and O–H groups in total. The Balaban J connectivity index is 2.75. The van der Waals surface area contributed by atoms with Crippen LogP contribution in [0.2, 0.25) is 0 Å². The Morgan fingerprint density at radius 1 is 1.11 bits per heavy atom. The smallest absolute Gasteiger partial charge is 0.0767 e. The molecule has 1 rings (SSSR count). The minimum Gasteiger partial charge on any atom is -0.376 e. The quantitative estimate of drug-likeness (QED) is 0.721. The monoisotopic (exact) mass is 263 g/mol.